The Kier molecular flexibility index (Phi) is 7.95. The van der Waals surface area contributed by atoms with Gasteiger partial charge in [0.1, 0.15) is 5.69 Å². The molecule has 0 fully saturated rings. The lowest BCUT2D eigenvalue weighted by molar-refractivity contribution is 0.172. The molecule has 10 heteroatoms. The molecule has 0 saturated heterocycles. The van der Waals surface area contributed by atoms with Gasteiger partial charge in [0.05, 0.1) is 33.3 Å². The predicted molar refractivity (Wildman–Crippen MR) is 87.4 cm³/mol. The van der Waals surface area contributed by atoms with Crippen LogP contribution in [0.4, 0.5) is 10.5 Å². The van der Waals surface area contributed by atoms with Crippen LogP contribution in [0.2, 0.25) is 5.02 Å². The van der Waals surface area contributed by atoms with Gasteiger partial charge in [0.2, 0.25) is 10.4 Å². The molecule has 0 atom stereocenters. The van der Waals surface area contributed by atoms with Crippen LogP contribution in [0, 0.1) is 0 Å². The molecule has 1 amide bonds. The lowest BCUT2D eigenvalue weighted by atomic mass is 10.2. The number of nitrogens with zero attached hydrogens (tertiary/aromatic N) is 2. The van der Waals surface area contributed by atoms with Crippen molar-refractivity contribution in [2.75, 3.05) is 42.3 Å². The molecule has 8 nitrogen and oxygen atoms in total. The van der Waals surface area contributed by atoms with E-state index in [1.165, 1.54) is 4.90 Å². The zero-order valence-electron chi connectivity index (χ0n) is 13.9. The molecule has 0 aliphatic carbocycles. The van der Waals surface area contributed by atoms with Crippen molar-refractivity contribution >= 4 is 33.8 Å². The third-order valence-corrected chi connectivity index (χ3v) is 3.18. The SMILES string of the molecule is CN(C)C(=O)Oc1cc([N+](C)(C)C)ccc1Cl.COS(=O)(=O)[O-]. The van der Waals surface area contributed by atoms with Crippen molar-refractivity contribution in [2.24, 2.45) is 0 Å². The number of ether oxygens (including phenoxy) is 1. The number of amides is 1. The molecule has 0 bridgehead atoms. The molecule has 0 unspecified atom stereocenters. The molecule has 0 spiro atoms. The van der Waals surface area contributed by atoms with Crippen molar-refractivity contribution in [2.45, 2.75) is 0 Å². The molecule has 1 aromatic carbocycles. The van der Waals surface area contributed by atoms with Crippen molar-refractivity contribution in [3.63, 3.8) is 0 Å². The van der Waals surface area contributed by atoms with Crippen molar-refractivity contribution in [1.29, 1.82) is 0 Å². The van der Waals surface area contributed by atoms with E-state index in [0.717, 1.165) is 12.8 Å². The maximum atomic E-state index is 11.5. The summed E-state index contributed by atoms with van der Waals surface area (Å²) in [5.74, 6) is 0.385. The Labute approximate surface area is 141 Å². The van der Waals surface area contributed by atoms with Crippen LogP contribution in [0.1, 0.15) is 0 Å². The third kappa shape index (κ3) is 8.72. The Balaban J connectivity index is 0.000000688. The Morgan fingerprint density at radius 1 is 1.26 bits per heavy atom. The van der Waals surface area contributed by atoms with E-state index in [2.05, 4.69) is 4.18 Å². The Morgan fingerprint density at radius 2 is 1.74 bits per heavy atom. The molecule has 0 radical (unpaired) electrons. The maximum Gasteiger partial charge on any atom is 0.414 e. The monoisotopic (exact) mass is 368 g/mol. The highest BCUT2D eigenvalue weighted by atomic mass is 35.5. The van der Waals surface area contributed by atoms with Gasteiger partial charge in [-0.2, -0.15) is 0 Å². The first-order valence-corrected chi connectivity index (χ1v) is 8.01. The lowest BCUT2D eigenvalue weighted by Crippen LogP contribution is -2.34. The van der Waals surface area contributed by atoms with Crippen molar-refractivity contribution in [1.82, 2.24) is 9.38 Å². The summed E-state index contributed by atoms with van der Waals surface area (Å²) in [6.45, 7) is 0. The van der Waals surface area contributed by atoms with E-state index in [1.807, 2.05) is 27.2 Å². The van der Waals surface area contributed by atoms with Gasteiger partial charge in [0, 0.05) is 26.2 Å². The van der Waals surface area contributed by atoms with Gasteiger partial charge in [-0.15, -0.1) is 0 Å². The van der Waals surface area contributed by atoms with Gasteiger partial charge < -0.3 is 14.2 Å². The zero-order valence-corrected chi connectivity index (χ0v) is 15.4. The number of hydrogen-bond acceptors (Lipinski definition) is 6. The molecule has 132 valence electrons. The van der Waals surface area contributed by atoms with E-state index in [1.54, 1.807) is 26.2 Å². The fourth-order valence-corrected chi connectivity index (χ4v) is 1.33. The van der Waals surface area contributed by atoms with Gasteiger partial charge in [-0.1, -0.05) is 11.6 Å². The van der Waals surface area contributed by atoms with E-state index in [9.17, 15) is 17.8 Å². The highest BCUT2D eigenvalue weighted by Crippen LogP contribution is 2.30. The van der Waals surface area contributed by atoms with Gasteiger partial charge in [-0.25, -0.2) is 13.2 Å². The van der Waals surface area contributed by atoms with Crippen molar-refractivity contribution < 1.29 is 26.7 Å². The second-order valence-corrected chi connectivity index (χ2v) is 7.02. The van der Waals surface area contributed by atoms with Crippen LogP contribution < -0.4 is 9.22 Å². The summed E-state index contributed by atoms with van der Waals surface area (Å²) < 4.78 is 36.8. The van der Waals surface area contributed by atoms with Crippen molar-refractivity contribution in [3.8, 4) is 5.75 Å². The van der Waals surface area contributed by atoms with Crippen LogP contribution in [0.15, 0.2) is 18.2 Å². The highest BCUT2D eigenvalue weighted by molar-refractivity contribution is 7.80. The second-order valence-electron chi connectivity index (χ2n) is 5.46. The number of quaternary nitrogens is 1. The average molecular weight is 369 g/mol. The summed E-state index contributed by atoms with van der Waals surface area (Å²) in [7, 11) is 5.73. The van der Waals surface area contributed by atoms with E-state index in [-0.39, 0.29) is 0 Å². The van der Waals surface area contributed by atoms with Crippen molar-refractivity contribution in [3.05, 3.63) is 23.2 Å². The van der Waals surface area contributed by atoms with E-state index >= 15 is 0 Å². The number of hydrogen-bond donors (Lipinski definition) is 0. The number of rotatable bonds is 3. The molecule has 1 rings (SSSR count). The molecular formula is C13H21ClN2O6S. The summed E-state index contributed by atoms with van der Waals surface area (Å²) >= 11 is 5.99. The summed E-state index contributed by atoms with van der Waals surface area (Å²) in [6, 6.07) is 5.43. The van der Waals surface area contributed by atoms with Gasteiger partial charge >= 0.3 is 6.09 Å². The minimum absolute atomic E-state index is 0.385. The molecule has 0 aliphatic heterocycles. The number of benzene rings is 1. The topological polar surface area (TPSA) is 96.0 Å². The van der Waals surface area contributed by atoms with Gasteiger partial charge in [-0.3, -0.25) is 8.67 Å². The van der Waals surface area contributed by atoms with Crippen LogP contribution in [0.3, 0.4) is 0 Å². The fourth-order valence-electron chi connectivity index (χ4n) is 1.17. The molecule has 23 heavy (non-hydrogen) atoms. The zero-order chi connectivity index (χ0) is 18.4. The molecular weight excluding hydrogens is 348 g/mol. The van der Waals surface area contributed by atoms with Gasteiger partial charge in [-0.05, 0) is 6.07 Å². The number of carbonyl (C=O) groups is 1. The normalized spacial score (nSPS) is 11.3. The van der Waals surface area contributed by atoms with Crippen LogP contribution in [-0.4, -0.2) is 66.3 Å². The smallest absolute Gasteiger partial charge is 0.414 e. The minimum Gasteiger partial charge on any atom is -0.726 e. The Morgan fingerprint density at radius 3 is 2.09 bits per heavy atom. The van der Waals surface area contributed by atoms with E-state index in [0.29, 0.717) is 15.3 Å². The lowest BCUT2D eigenvalue weighted by Gasteiger charge is -2.24. The first kappa shape index (κ1) is 21.6. The number of carbonyl (C=O) groups excluding carboxylic acids is 1. The standard InChI is InChI=1S/C12H18ClN2O2.CH4O4S/c1-14(2)12(16)17-11-8-9(15(3,4)5)6-7-10(11)13;1-5-6(2,3)4/h6-8H,1-5H3;1H3,(H,2,3,4)/q+1;/p-1. The highest BCUT2D eigenvalue weighted by Gasteiger charge is 2.17. The van der Waals surface area contributed by atoms with Crippen LogP contribution in [0.5, 0.6) is 5.75 Å². The first-order chi connectivity index (χ1) is 10.3. The average Bonchev–Trinajstić information content (AvgIpc) is 2.39. The molecule has 0 N–H and O–H groups in total. The van der Waals surface area contributed by atoms with Gasteiger partial charge in [0.15, 0.2) is 5.75 Å². The summed E-state index contributed by atoms with van der Waals surface area (Å²) in [4.78, 5) is 12.8. The molecule has 1 aromatic rings. The summed E-state index contributed by atoms with van der Waals surface area (Å²) in [5, 5.41) is 0.428. The third-order valence-electron chi connectivity index (χ3n) is 2.46. The van der Waals surface area contributed by atoms with Gasteiger partial charge in [0.25, 0.3) is 0 Å². The van der Waals surface area contributed by atoms with Crippen LogP contribution >= 0.6 is 11.6 Å². The molecule has 0 heterocycles. The summed E-state index contributed by atoms with van der Waals surface area (Å²) in [6.07, 6.45) is -0.439. The Bertz CT molecular complexity index is 640. The molecule has 0 saturated carbocycles. The van der Waals surface area contributed by atoms with E-state index < -0.39 is 16.5 Å². The van der Waals surface area contributed by atoms with Crippen LogP contribution in [0.25, 0.3) is 0 Å². The fraction of sp³-hybridized carbons (Fsp3) is 0.462. The maximum absolute atomic E-state index is 11.5. The second kappa shape index (κ2) is 8.46. The predicted octanol–water partition coefficient (Wildman–Crippen LogP) is 1.69. The van der Waals surface area contributed by atoms with E-state index in [4.69, 9.17) is 16.3 Å². The quantitative estimate of drug-likeness (QED) is 0.457. The summed E-state index contributed by atoms with van der Waals surface area (Å²) in [5.41, 5.74) is 1.01. The molecule has 0 aliphatic rings. The largest absolute Gasteiger partial charge is 0.726 e. The first-order valence-electron chi connectivity index (χ1n) is 6.30. The molecule has 0 aromatic heterocycles. The number of halogens is 1. The Hall–Kier alpha value is -1.39. The minimum atomic E-state index is -4.41. The van der Waals surface area contributed by atoms with Crippen LogP contribution in [-0.2, 0) is 14.6 Å².